The first-order chi connectivity index (χ1) is 6.77. The van der Waals surface area contributed by atoms with Gasteiger partial charge in [0.05, 0.1) is 24.8 Å². The molecule has 1 heterocycles. The summed E-state index contributed by atoms with van der Waals surface area (Å²) in [5.74, 6) is 1.14. The van der Waals surface area contributed by atoms with Crippen LogP contribution in [0, 0.1) is 5.92 Å². The fourth-order valence-electron chi connectivity index (χ4n) is 1.18. The Labute approximate surface area is 92.7 Å². The van der Waals surface area contributed by atoms with Crippen LogP contribution >= 0.6 is 23.2 Å². The summed E-state index contributed by atoms with van der Waals surface area (Å²) in [6.45, 7) is 2.19. The Bertz CT molecular complexity index is 324. The summed E-state index contributed by atoms with van der Waals surface area (Å²) >= 11 is 11.8. The van der Waals surface area contributed by atoms with Crippen molar-refractivity contribution in [3.63, 3.8) is 0 Å². The largest absolute Gasteiger partial charge is 0.492 e. The maximum Gasteiger partial charge on any atom is 0.139 e. The second-order valence-corrected chi connectivity index (χ2v) is 4.05. The quantitative estimate of drug-likeness (QED) is 0.798. The topological polar surface area (TPSA) is 18.5 Å². The molecule has 0 atom stereocenters. The molecule has 1 aliphatic heterocycles. The first-order valence-corrected chi connectivity index (χ1v) is 5.17. The molecular weight excluding hydrogens is 223 g/mol. The lowest BCUT2D eigenvalue weighted by Gasteiger charge is -2.25. The molecule has 0 aliphatic carbocycles. The minimum Gasteiger partial charge on any atom is -0.492 e. The molecule has 1 fully saturated rings. The van der Waals surface area contributed by atoms with Gasteiger partial charge in [0, 0.05) is 5.92 Å². The van der Waals surface area contributed by atoms with Crippen LogP contribution in [0.3, 0.4) is 0 Å². The zero-order chi connectivity index (χ0) is 9.97. The van der Waals surface area contributed by atoms with E-state index in [1.807, 2.05) is 12.1 Å². The Hall–Kier alpha value is -0.440. The fraction of sp³-hybridized carbons (Fsp3) is 0.400. The van der Waals surface area contributed by atoms with Gasteiger partial charge in [-0.25, -0.2) is 0 Å². The second-order valence-electron chi connectivity index (χ2n) is 3.27. The van der Waals surface area contributed by atoms with Crippen molar-refractivity contribution in [1.82, 2.24) is 0 Å². The fourth-order valence-corrected chi connectivity index (χ4v) is 1.53. The molecular formula is C10H10Cl2O2. The number of hydrogen-bond acceptors (Lipinski definition) is 2. The molecule has 0 radical (unpaired) electrons. The minimum absolute atomic E-state index is 0.481. The van der Waals surface area contributed by atoms with Crippen LogP contribution < -0.4 is 4.74 Å². The van der Waals surface area contributed by atoms with Gasteiger partial charge in [-0.1, -0.05) is 29.3 Å². The zero-order valence-corrected chi connectivity index (χ0v) is 9.02. The molecule has 0 N–H and O–H groups in total. The highest BCUT2D eigenvalue weighted by atomic mass is 35.5. The van der Waals surface area contributed by atoms with Crippen molar-refractivity contribution in [2.75, 3.05) is 19.8 Å². The third-order valence-corrected chi connectivity index (χ3v) is 2.90. The van der Waals surface area contributed by atoms with Crippen LogP contribution in [-0.2, 0) is 4.74 Å². The van der Waals surface area contributed by atoms with Crippen molar-refractivity contribution in [3.05, 3.63) is 28.2 Å². The summed E-state index contributed by atoms with van der Waals surface area (Å²) < 4.78 is 10.6. The van der Waals surface area contributed by atoms with Crippen LogP contribution in [0.2, 0.25) is 10.0 Å². The average Bonchev–Trinajstić information content (AvgIpc) is 2.09. The summed E-state index contributed by atoms with van der Waals surface area (Å²) in [4.78, 5) is 0. The monoisotopic (exact) mass is 232 g/mol. The average molecular weight is 233 g/mol. The van der Waals surface area contributed by atoms with Gasteiger partial charge in [0.2, 0.25) is 0 Å². The Morgan fingerprint density at radius 2 is 2.14 bits per heavy atom. The van der Waals surface area contributed by atoms with Crippen molar-refractivity contribution < 1.29 is 9.47 Å². The molecule has 1 aromatic carbocycles. The van der Waals surface area contributed by atoms with Gasteiger partial charge in [0.15, 0.2) is 0 Å². The van der Waals surface area contributed by atoms with E-state index in [1.165, 1.54) is 0 Å². The highest BCUT2D eigenvalue weighted by Gasteiger charge is 2.19. The first-order valence-electron chi connectivity index (χ1n) is 4.42. The van der Waals surface area contributed by atoms with Crippen LogP contribution in [-0.4, -0.2) is 19.8 Å². The minimum atomic E-state index is 0.481. The van der Waals surface area contributed by atoms with Gasteiger partial charge in [-0.05, 0) is 12.1 Å². The molecule has 0 amide bonds. The van der Waals surface area contributed by atoms with Crippen molar-refractivity contribution >= 4 is 23.2 Å². The molecule has 2 rings (SSSR count). The van der Waals surface area contributed by atoms with Crippen LogP contribution in [0.4, 0.5) is 0 Å². The van der Waals surface area contributed by atoms with E-state index >= 15 is 0 Å². The van der Waals surface area contributed by atoms with Crippen molar-refractivity contribution in [2.24, 2.45) is 5.92 Å². The van der Waals surface area contributed by atoms with E-state index in [0.29, 0.717) is 28.3 Å². The molecule has 0 spiro atoms. The Balaban J connectivity index is 1.97. The number of rotatable bonds is 3. The van der Waals surface area contributed by atoms with Gasteiger partial charge in [-0.15, -0.1) is 0 Å². The summed E-state index contributed by atoms with van der Waals surface area (Å²) in [5.41, 5.74) is 0. The van der Waals surface area contributed by atoms with Crippen LogP contribution in [0.5, 0.6) is 5.75 Å². The van der Waals surface area contributed by atoms with Gasteiger partial charge >= 0.3 is 0 Å². The van der Waals surface area contributed by atoms with Crippen LogP contribution in [0.25, 0.3) is 0 Å². The third-order valence-electron chi connectivity index (χ3n) is 2.10. The highest BCUT2D eigenvalue weighted by Crippen LogP contribution is 2.31. The summed E-state index contributed by atoms with van der Waals surface area (Å²) in [6, 6.07) is 5.37. The third kappa shape index (κ3) is 2.14. The molecule has 14 heavy (non-hydrogen) atoms. The highest BCUT2D eigenvalue weighted by molar-refractivity contribution is 6.42. The normalized spacial score (nSPS) is 16.4. The molecule has 1 saturated heterocycles. The first kappa shape index (κ1) is 10.1. The lowest BCUT2D eigenvalue weighted by Crippen LogP contribution is -2.32. The van der Waals surface area contributed by atoms with E-state index in [2.05, 4.69) is 0 Å². The molecule has 0 bridgehead atoms. The maximum absolute atomic E-state index is 5.95. The number of hydrogen-bond donors (Lipinski definition) is 0. The van der Waals surface area contributed by atoms with E-state index < -0.39 is 0 Å². The van der Waals surface area contributed by atoms with Crippen molar-refractivity contribution in [3.8, 4) is 5.75 Å². The van der Waals surface area contributed by atoms with Crippen LogP contribution in [0.15, 0.2) is 18.2 Å². The van der Waals surface area contributed by atoms with E-state index in [1.54, 1.807) is 6.07 Å². The lowest BCUT2D eigenvalue weighted by atomic mass is 10.1. The molecule has 0 aromatic heterocycles. The Morgan fingerprint density at radius 1 is 1.36 bits per heavy atom. The molecule has 1 aliphatic rings. The van der Waals surface area contributed by atoms with E-state index in [-0.39, 0.29) is 0 Å². The molecule has 2 nitrogen and oxygen atoms in total. The van der Waals surface area contributed by atoms with E-state index in [9.17, 15) is 0 Å². The predicted octanol–water partition coefficient (Wildman–Crippen LogP) is 3.02. The van der Waals surface area contributed by atoms with E-state index in [0.717, 1.165) is 13.2 Å². The summed E-state index contributed by atoms with van der Waals surface area (Å²) in [7, 11) is 0. The molecule has 76 valence electrons. The maximum atomic E-state index is 5.95. The van der Waals surface area contributed by atoms with Crippen molar-refractivity contribution in [1.29, 1.82) is 0 Å². The predicted molar refractivity (Wildman–Crippen MR) is 56.3 cm³/mol. The molecule has 0 saturated carbocycles. The van der Waals surface area contributed by atoms with Gasteiger partial charge in [-0.3, -0.25) is 0 Å². The Kier molecular flexibility index (Phi) is 3.16. The zero-order valence-electron chi connectivity index (χ0n) is 7.50. The number of benzene rings is 1. The van der Waals surface area contributed by atoms with Gasteiger partial charge in [0.1, 0.15) is 10.8 Å². The SMILES string of the molecule is Clc1cccc(OCC2COC2)c1Cl. The molecule has 1 aromatic rings. The molecule has 4 heteroatoms. The standard InChI is InChI=1S/C10H10Cl2O2/c11-8-2-1-3-9(10(8)12)14-6-7-4-13-5-7/h1-3,7H,4-6H2. The van der Waals surface area contributed by atoms with E-state index in [4.69, 9.17) is 32.7 Å². The van der Waals surface area contributed by atoms with Crippen LogP contribution in [0.1, 0.15) is 0 Å². The van der Waals surface area contributed by atoms with Crippen molar-refractivity contribution in [2.45, 2.75) is 0 Å². The number of halogens is 2. The molecule has 0 unspecified atom stereocenters. The summed E-state index contributed by atoms with van der Waals surface area (Å²) in [6.07, 6.45) is 0. The van der Waals surface area contributed by atoms with Gasteiger partial charge in [0.25, 0.3) is 0 Å². The smallest absolute Gasteiger partial charge is 0.139 e. The van der Waals surface area contributed by atoms with Gasteiger partial charge in [-0.2, -0.15) is 0 Å². The van der Waals surface area contributed by atoms with Gasteiger partial charge < -0.3 is 9.47 Å². The Morgan fingerprint density at radius 3 is 2.79 bits per heavy atom. The summed E-state index contributed by atoms with van der Waals surface area (Å²) in [5, 5.41) is 1.00. The second kappa shape index (κ2) is 4.39. The lowest BCUT2D eigenvalue weighted by molar-refractivity contribution is -0.0508. The number of ether oxygens (including phenoxy) is 2.